The molecule has 6 heteroatoms. The first-order chi connectivity index (χ1) is 11.6. The molecule has 0 bridgehead atoms. The summed E-state index contributed by atoms with van der Waals surface area (Å²) in [6.45, 7) is 1.60. The van der Waals surface area contributed by atoms with Crippen molar-refractivity contribution in [3.63, 3.8) is 0 Å². The van der Waals surface area contributed by atoms with Gasteiger partial charge in [0.2, 0.25) is 5.91 Å². The van der Waals surface area contributed by atoms with Crippen molar-refractivity contribution in [3.8, 4) is 5.75 Å². The van der Waals surface area contributed by atoms with Crippen molar-refractivity contribution in [3.05, 3.63) is 53.3 Å². The number of nitrogens with zero attached hydrogens (tertiary/aromatic N) is 2. The van der Waals surface area contributed by atoms with Crippen LogP contribution in [0.25, 0.3) is 0 Å². The summed E-state index contributed by atoms with van der Waals surface area (Å²) < 4.78 is 0. The van der Waals surface area contributed by atoms with E-state index in [0.29, 0.717) is 12.2 Å². The number of halogens is 1. The second-order valence-electron chi connectivity index (χ2n) is 6.00. The van der Waals surface area contributed by atoms with Crippen LogP contribution < -0.4 is 5.32 Å². The lowest BCUT2D eigenvalue weighted by molar-refractivity contribution is -0.122. The zero-order valence-corrected chi connectivity index (χ0v) is 14.0. The molecule has 126 valence electrons. The standard InChI is InChI=1S/C18H20ClN3O2/c19-15-10-14(6-7-17(15)23)21-18(24)16-5-1-2-9-22(16)12-13-4-3-8-20-11-13/h3-4,6-8,10-11,16,23H,1-2,5,9,12H2,(H,21,24)/t16-/m0/s1. The Balaban J connectivity index is 1.69. The lowest BCUT2D eigenvalue weighted by Gasteiger charge is -2.34. The molecule has 1 amide bonds. The van der Waals surface area contributed by atoms with Crippen molar-refractivity contribution in [1.82, 2.24) is 9.88 Å². The molecule has 1 aromatic heterocycles. The zero-order valence-electron chi connectivity index (χ0n) is 13.3. The van der Waals surface area contributed by atoms with Crippen molar-refractivity contribution in [1.29, 1.82) is 0 Å². The van der Waals surface area contributed by atoms with Crippen LogP contribution in [0.5, 0.6) is 5.75 Å². The minimum atomic E-state index is -0.175. The highest BCUT2D eigenvalue weighted by molar-refractivity contribution is 6.32. The number of benzene rings is 1. The van der Waals surface area contributed by atoms with E-state index in [2.05, 4.69) is 15.2 Å². The first-order valence-corrected chi connectivity index (χ1v) is 8.43. The molecule has 2 aromatic rings. The molecule has 1 aromatic carbocycles. The number of nitrogens with one attached hydrogen (secondary N) is 1. The number of carbonyl (C=O) groups is 1. The van der Waals surface area contributed by atoms with Gasteiger partial charge in [0, 0.05) is 24.6 Å². The molecule has 24 heavy (non-hydrogen) atoms. The average molecular weight is 346 g/mol. The summed E-state index contributed by atoms with van der Waals surface area (Å²) in [5.41, 5.74) is 1.69. The van der Waals surface area contributed by atoms with E-state index in [-0.39, 0.29) is 22.7 Å². The Hall–Kier alpha value is -2.11. The SMILES string of the molecule is O=C(Nc1ccc(O)c(Cl)c1)[C@@H]1CCCCN1Cc1cccnc1. The first-order valence-electron chi connectivity index (χ1n) is 8.06. The Kier molecular flexibility index (Phi) is 5.33. The molecule has 5 nitrogen and oxygen atoms in total. The second kappa shape index (κ2) is 7.64. The van der Waals surface area contributed by atoms with Gasteiger partial charge >= 0.3 is 0 Å². The Morgan fingerprint density at radius 2 is 2.25 bits per heavy atom. The molecule has 0 saturated carbocycles. The van der Waals surface area contributed by atoms with Crippen molar-refractivity contribution in [2.24, 2.45) is 0 Å². The van der Waals surface area contributed by atoms with E-state index in [1.807, 2.05) is 18.3 Å². The highest BCUT2D eigenvalue weighted by Gasteiger charge is 2.28. The van der Waals surface area contributed by atoms with Crippen molar-refractivity contribution < 1.29 is 9.90 Å². The second-order valence-corrected chi connectivity index (χ2v) is 6.41. The molecular weight excluding hydrogens is 326 g/mol. The van der Waals surface area contributed by atoms with Crippen LogP contribution >= 0.6 is 11.6 Å². The number of amides is 1. The summed E-state index contributed by atoms with van der Waals surface area (Å²) in [5.74, 6) is -0.0362. The maximum Gasteiger partial charge on any atom is 0.241 e. The minimum Gasteiger partial charge on any atom is -0.506 e. The van der Waals surface area contributed by atoms with Gasteiger partial charge in [-0.25, -0.2) is 0 Å². The summed E-state index contributed by atoms with van der Waals surface area (Å²) in [6, 6.07) is 8.44. The van der Waals surface area contributed by atoms with Gasteiger partial charge in [0.05, 0.1) is 11.1 Å². The van der Waals surface area contributed by atoms with E-state index in [9.17, 15) is 9.90 Å². The van der Waals surface area contributed by atoms with Crippen LogP contribution in [-0.2, 0) is 11.3 Å². The number of rotatable bonds is 4. The Morgan fingerprint density at radius 3 is 3.00 bits per heavy atom. The van der Waals surface area contributed by atoms with Crippen LogP contribution in [0.15, 0.2) is 42.7 Å². The van der Waals surface area contributed by atoms with Crippen LogP contribution in [0.1, 0.15) is 24.8 Å². The number of pyridine rings is 1. The number of hydrogen-bond acceptors (Lipinski definition) is 4. The van der Waals surface area contributed by atoms with E-state index in [1.54, 1.807) is 18.3 Å². The monoisotopic (exact) mass is 345 g/mol. The molecule has 2 heterocycles. The number of aromatic nitrogens is 1. The molecule has 3 rings (SSSR count). The number of hydrogen-bond donors (Lipinski definition) is 2. The summed E-state index contributed by atoms with van der Waals surface area (Å²) in [6.07, 6.45) is 6.55. The number of phenols is 1. The van der Waals surface area contributed by atoms with E-state index in [0.717, 1.165) is 31.4 Å². The van der Waals surface area contributed by atoms with Crippen LogP contribution in [0.4, 0.5) is 5.69 Å². The smallest absolute Gasteiger partial charge is 0.241 e. The maximum absolute atomic E-state index is 12.7. The van der Waals surface area contributed by atoms with Gasteiger partial charge < -0.3 is 10.4 Å². The Morgan fingerprint density at radius 1 is 1.38 bits per heavy atom. The quantitative estimate of drug-likeness (QED) is 0.833. The van der Waals surface area contributed by atoms with Crippen molar-refractivity contribution >= 4 is 23.2 Å². The highest BCUT2D eigenvalue weighted by atomic mass is 35.5. The third-order valence-corrected chi connectivity index (χ3v) is 4.54. The van der Waals surface area contributed by atoms with Gasteiger partial charge in [-0.1, -0.05) is 24.1 Å². The van der Waals surface area contributed by atoms with Gasteiger partial charge in [0.25, 0.3) is 0 Å². The van der Waals surface area contributed by atoms with Crippen LogP contribution in [0.2, 0.25) is 5.02 Å². The molecule has 1 fully saturated rings. The van der Waals surface area contributed by atoms with Gasteiger partial charge in [-0.2, -0.15) is 0 Å². The molecule has 1 aliphatic rings. The number of piperidine rings is 1. The molecule has 1 aliphatic heterocycles. The number of aromatic hydroxyl groups is 1. The molecule has 1 atom stereocenters. The third-order valence-electron chi connectivity index (χ3n) is 4.24. The van der Waals surface area contributed by atoms with Gasteiger partial charge in [-0.15, -0.1) is 0 Å². The summed E-state index contributed by atoms with van der Waals surface area (Å²) in [5, 5.41) is 12.6. The van der Waals surface area contributed by atoms with Gasteiger partial charge in [0.15, 0.2) is 0 Å². The molecule has 0 spiro atoms. The molecule has 2 N–H and O–H groups in total. The number of phenolic OH excluding ortho intramolecular Hbond substituents is 1. The normalized spacial score (nSPS) is 18.3. The van der Waals surface area contributed by atoms with Crippen LogP contribution in [0, 0.1) is 0 Å². The predicted octanol–water partition coefficient (Wildman–Crippen LogP) is 3.43. The fraction of sp³-hybridized carbons (Fsp3) is 0.333. The summed E-state index contributed by atoms with van der Waals surface area (Å²) >= 11 is 5.90. The summed E-state index contributed by atoms with van der Waals surface area (Å²) in [7, 11) is 0. The lowest BCUT2D eigenvalue weighted by Crippen LogP contribution is -2.46. The maximum atomic E-state index is 12.7. The van der Waals surface area contributed by atoms with E-state index < -0.39 is 0 Å². The number of carbonyl (C=O) groups excluding carboxylic acids is 1. The largest absolute Gasteiger partial charge is 0.506 e. The van der Waals surface area contributed by atoms with Crippen LogP contribution in [-0.4, -0.2) is 33.5 Å². The molecular formula is C18H20ClN3O2. The summed E-state index contributed by atoms with van der Waals surface area (Å²) in [4.78, 5) is 19.0. The van der Waals surface area contributed by atoms with E-state index >= 15 is 0 Å². The minimum absolute atomic E-state index is 0.00513. The van der Waals surface area contributed by atoms with E-state index in [1.165, 1.54) is 6.07 Å². The highest BCUT2D eigenvalue weighted by Crippen LogP contribution is 2.27. The first kappa shape index (κ1) is 16.7. The molecule has 0 radical (unpaired) electrons. The van der Waals surface area contributed by atoms with Gasteiger partial charge in [-0.05, 0) is 49.2 Å². The number of likely N-dealkylation sites (tertiary alicyclic amines) is 1. The van der Waals surface area contributed by atoms with Crippen molar-refractivity contribution in [2.45, 2.75) is 31.8 Å². The topological polar surface area (TPSA) is 65.5 Å². The molecule has 0 unspecified atom stereocenters. The van der Waals surface area contributed by atoms with Crippen molar-refractivity contribution in [2.75, 3.05) is 11.9 Å². The fourth-order valence-corrected chi connectivity index (χ4v) is 3.19. The number of anilines is 1. The Bertz CT molecular complexity index is 709. The van der Waals surface area contributed by atoms with Crippen LogP contribution in [0.3, 0.4) is 0 Å². The van der Waals surface area contributed by atoms with Gasteiger partial charge in [0.1, 0.15) is 5.75 Å². The lowest BCUT2D eigenvalue weighted by atomic mass is 10.0. The Labute approximate surface area is 146 Å². The third kappa shape index (κ3) is 4.04. The van der Waals surface area contributed by atoms with E-state index in [4.69, 9.17) is 11.6 Å². The average Bonchev–Trinajstić information content (AvgIpc) is 2.59. The zero-order chi connectivity index (χ0) is 16.9. The van der Waals surface area contributed by atoms with Gasteiger partial charge in [-0.3, -0.25) is 14.7 Å². The molecule has 0 aliphatic carbocycles. The predicted molar refractivity (Wildman–Crippen MR) is 94.0 cm³/mol. The fourth-order valence-electron chi connectivity index (χ4n) is 3.01. The molecule has 1 saturated heterocycles.